The van der Waals surface area contributed by atoms with Gasteiger partial charge in [0.2, 0.25) is 47.3 Å². The van der Waals surface area contributed by atoms with Gasteiger partial charge >= 0.3 is 0 Å². The molecule has 3 saturated heterocycles. The van der Waals surface area contributed by atoms with Gasteiger partial charge in [-0.1, -0.05) is 78.3 Å². The highest BCUT2D eigenvalue weighted by Crippen LogP contribution is 2.23. The topological polar surface area (TPSA) is 229 Å². The first-order valence-corrected chi connectivity index (χ1v) is 20.0. The molecule has 0 unspecified atom stereocenters. The minimum absolute atomic E-state index is 0.0315. The summed E-state index contributed by atoms with van der Waals surface area (Å²) in [4.78, 5) is 113. The Balaban J connectivity index is 1.79. The lowest BCUT2D eigenvalue weighted by Crippen LogP contribution is -2.61. The van der Waals surface area contributed by atoms with Crippen LogP contribution < -0.4 is 32.3 Å². The van der Waals surface area contributed by atoms with Crippen LogP contribution in [0.5, 0.6) is 0 Å². The molecule has 4 rings (SSSR count). The minimum Gasteiger partial charge on any atom is -0.370 e. The first kappa shape index (κ1) is 43.7. The number of rotatable bonds is 9. The molecule has 7 N–H and O–H groups in total. The van der Waals surface area contributed by atoms with Gasteiger partial charge in [0, 0.05) is 19.5 Å². The zero-order valence-corrected chi connectivity index (χ0v) is 33.5. The van der Waals surface area contributed by atoms with E-state index in [0.29, 0.717) is 25.7 Å². The molecular formula is C40H60N8O8. The fourth-order valence-electron chi connectivity index (χ4n) is 7.69. The van der Waals surface area contributed by atoms with Crippen LogP contribution in [0.3, 0.4) is 0 Å². The van der Waals surface area contributed by atoms with Crippen LogP contribution in [-0.4, -0.2) is 112 Å². The van der Waals surface area contributed by atoms with Gasteiger partial charge in [0.25, 0.3) is 0 Å². The lowest BCUT2D eigenvalue weighted by atomic mass is 9.95. The number of nitrogens with zero attached hydrogens (tertiary/aromatic N) is 2. The van der Waals surface area contributed by atoms with Crippen molar-refractivity contribution in [1.82, 2.24) is 36.4 Å². The third kappa shape index (κ3) is 11.1. The highest BCUT2D eigenvalue weighted by molar-refractivity contribution is 6.00. The van der Waals surface area contributed by atoms with E-state index in [-0.39, 0.29) is 44.2 Å². The van der Waals surface area contributed by atoms with Crippen LogP contribution in [0.15, 0.2) is 30.3 Å². The first-order chi connectivity index (χ1) is 26.5. The van der Waals surface area contributed by atoms with Crippen LogP contribution in [0.25, 0.3) is 0 Å². The number of nitrogens with one attached hydrogen (secondary N) is 5. The van der Waals surface area contributed by atoms with Crippen molar-refractivity contribution >= 4 is 47.3 Å². The maximum Gasteiger partial charge on any atom is 0.246 e. The monoisotopic (exact) mass is 780 g/mol. The third-order valence-corrected chi connectivity index (χ3v) is 11.0. The maximum atomic E-state index is 14.3. The van der Waals surface area contributed by atoms with Gasteiger partial charge in [-0.15, -0.1) is 0 Å². The quantitative estimate of drug-likeness (QED) is 0.203. The van der Waals surface area contributed by atoms with E-state index in [1.165, 1.54) is 9.80 Å². The largest absolute Gasteiger partial charge is 0.370 e. The van der Waals surface area contributed by atoms with Gasteiger partial charge in [-0.2, -0.15) is 0 Å². The van der Waals surface area contributed by atoms with E-state index in [1.54, 1.807) is 38.1 Å². The van der Waals surface area contributed by atoms with Crippen molar-refractivity contribution in [3.05, 3.63) is 35.9 Å². The van der Waals surface area contributed by atoms with E-state index in [0.717, 1.165) is 5.56 Å². The van der Waals surface area contributed by atoms with Gasteiger partial charge in [0.05, 0.1) is 6.42 Å². The Morgan fingerprint density at radius 2 is 1.18 bits per heavy atom. The molecule has 3 aliphatic rings. The summed E-state index contributed by atoms with van der Waals surface area (Å²) in [6.45, 7) is 11.3. The van der Waals surface area contributed by atoms with Gasteiger partial charge in [0.15, 0.2) is 0 Å². The number of carbonyl (C=O) groups is 8. The van der Waals surface area contributed by atoms with Crippen molar-refractivity contribution in [2.45, 2.75) is 135 Å². The SMILES string of the molecule is CC[C@@H](C)[C@@H]1NC(=O)[C@H](Cc2ccccc2)NC(=O)[C@@H]2CCCN2C(=O)[C@H](CC(N)=O)NC(=O)[C@H](C(C)C)NC(=O)[C@@H]2CCCN2C(=O)[C@@H](CC(C)C)NC1=O. The van der Waals surface area contributed by atoms with E-state index >= 15 is 0 Å². The normalized spacial score (nSPS) is 28.1. The number of carbonyl (C=O) groups excluding carboxylic acids is 8. The lowest BCUT2D eigenvalue weighted by Gasteiger charge is -2.32. The predicted molar refractivity (Wildman–Crippen MR) is 207 cm³/mol. The van der Waals surface area contributed by atoms with Crippen molar-refractivity contribution in [3.63, 3.8) is 0 Å². The average molecular weight is 781 g/mol. The van der Waals surface area contributed by atoms with E-state index in [1.807, 2.05) is 33.8 Å². The van der Waals surface area contributed by atoms with Gasteiger partial charge in [0.1, 0.15) is 42.3 Å². The first-order valence-electron chi connectivity index (χ1n) is 20.0. The Morgan fingerprint density at radius 1 is 0.679 bits per heavy atom. The number of nitrogens with two attached hydrogens (primary N) is 1. The van der Waals surface area contributed by atoms with Crippen molar-refractivity contribution in [1.29, 1.82) is 0 Å². The molecule has 0 aliphatic carbocycles. The van der Waals surface area contributed by atoms with Gasteiger partial charge in [-0.3, -0.25) is 38.4 Å². The zero-order valence-electron chi connectivity index (χ0n) is 33.5. The molecule has 1 aromatic rings. The third-order valence-electron chi connectivity index (χ3n) is 11.0. The van der Waals surface area contributed by atoms with Gasteiger partial charge in [-0.05, 0) is 55.4 Å². The molecular weight excluding hydrogens is 720 g/mol. The molecule has 8 atom stereocenters. The van der Waals surface area contributed by atoms with E-state index in [4.69, 9.17) is 5.73 Å². The van der Waals surface area contributed by atoms with Crippen LogP contribution in [0, 0.1) is 17.8 Å². The van der Waals surface area contributed by atoms with Gasteiger partial charge in [-0.25, -0.2) is 0 Å². The molecule has 0 aromatic heterocycles. The average Bonchev–Trinajstić information content (AvgIpc) is 3.85. The second-order valence-corrected chi connectivity index (χ2v) is 16.2. The minimum atomic E-state index is -1.45. The highest BCUT2D eigenvalue weighted by Gasteiger charge is 2.43. The van der Waals surface area contributed by atoms with Crippen LogP contribution in [0.2, 0.25) is 0 Å². The summed E-state index contributed by atoms with van der Waals surface area (Å²) in [6, 6.07) is 1.17. The van der Waals surface area contributed by atoms with Crippen molar-refractivity contribution in [3.8, 4) is 0 Å². The van der Waals surface area contributed by atoms with Crippen LogP contribution in [0.1, 0.15) is 92.1 Å². The van der Waals surface area contributed by atoms with E-state index in [2.05, 4.69) is 26.6 Å². The number of fused-ring (bicyclic) bond motifs is 2. The molecule has 8 amide bonds. The standard InChI is InChI=1S/C40H60N8O8/c1-7-24(6)33-38(54)43-27(19-22(2)3)39(55)48-18-12-16-30(48)36(52)45-32(23(4)5)37(53)44-28(21-31(41)49)40(56)47-17-11-15-29(47)35(51)42-26(34(50)46-33)20-25-13-9-8-10-14-25/h8-10,13-14,22-24,26-30,32-33H,7,11-12,15-21H2,1-6H3,(H2,41,49)(H,42,51)(H,43,54)(H,44,53)(H,45,52)(H,46,50)/t24-,26+,27-,28+,29+,30+,32+,33+/m1/s1. The highest BCUT2D eigenvalue weighted by atomic mass is 16.2. The summed E-state index contributed by atoms with van der Waals surface area (Å²) in [5, 5.41) is 14.0. The summed E-state index contributed by atoms with van der Waals surface area (Å²) in [7, 11) is 0. The zero-order chi connectivity index (χ0) is 41.3. The molecule has 0 bridgehead atoms. The molecule has 16 nitrogen and oxygen atoms in total. The molecule has 56 heavy (non-hydrogen) atoms. The van der Waals surface area contributed by atoms with Crippen LogP contribution >= 0.6 is 0 Å². The summed E-state index contributed by atoms with van der Waals surface area (Å²) < 4.78 is 0. The summed E-state index contributed by atoms with van der Waals surface area (Å²) >= 11 is 0. The fourth-order valence-corrected chi connectivity index (χ4v) is 7.69. The maximum absolute atomic E-state index is 14.3. The van der Waals surface area contributed by atoms with Crippen molar-refractivity contribution < 1.29 is 38.4 Å². The Labute approximate surface area is 329 Å². The number of hydrogen-bond acceptors (Lipinski definition) is 8. The number of primary amides is 1. The molecule has 0 radical (unpaired) electrons. The molecule has 16 heteroatoms. The molecule has 0 saturated carbocycles. The second kappa shape index (κ2) is 19.7. The summed E-state index contributed by atoms with van der Waals surface area (Å²) in [6.07, 6.45) is 1.78. The van der Waals surface area contributed by atoms with Crippen LogP contribution in [-0.2, 0) is 44.8 Å². The lowest BCUT2D eigenvalue weighted by molar-refractivity contribution is -0.144. The van der Waals surface area contributed by atoms with E-state index in [9.17, 15) is 38.4 Å². The van der Waals surface area contributed by atoms with Gasteiger partial charge < -0.3 is 42.1 Å². The predicted octanol–water partition coefficient (Wildman–Crippen LogP) is 0.272. The second-order valence-electron chi connectivity index (χ2n) is 16.2. The molecule has 3 aliphatic heterocycles. The Hall–Kier alpha value is -5.02. The molecule has 3 heterocycles. The number of hydrogen-bond donors (Lipinski definition) is 6. The Kier molecular flexibility index (Phi) is 15.4. The molecule has 0 spiro atoms. The fraction of sp³-hybridized carbons (Fsp3) is 0.650. The van der Waals surface area contributed by atoms with Crippen molar-refractivity contribution in [2.24, 2.45) is 23.5 Å². The van der Waals surface area contributed by atoms with E-state index < -0.39 is 102 Å². The molecule has 3 fully saturated rings. The van der Waals surface area contributed by atoms with Crippen LogP contribution in [0.4, 0.5) is 0 Å². The molecule has 308 valence electrons. The van der Waals surface area contributed by atoms with Crippen molar-refractivity contribution in [2.75, 3.05) is 13.1 Å². The Bertz CT molecular complexity index is 1620. The smallest absolute Gasteiger partial charge is 0.246 e. The molecule has 1 aromatic carbocycles. The Morgan fingerprint density at radius 3 is 1.71 bits per heavy atom. The summed E-state index contributed by atoms with van der Waals surface area (Å²) in [5.41, 5.74) is 6.27. The summed E-state index contributed by atoms with van der Waals surface area (Å²) in [5.74, 6) is -6.07. The number of benzene rings is 1. The number of amides is 8.